The van der Waals surface area contributed by atoms with Gasteiger partial charge in [-0.25, -0.2) is 4.57 Å². The third kappa shape index (κ3) is 43.9. The van der Waals surface area contributed by atoms with Gasteiger partial charge in [0.15, 0.2) is 0 Å². The van der Waals surface area contributed by atoms with Gasteiger partial charge in [0.25, 0.3) is 0 Å². The van der Waals surface area contributed by atoms with Gasteiger partial charge in [0.1, 0.15) is 6.10 Å². The molecule has 0 aliphatic rings. The van der Waals surface area contributed by atoms with Crippen molar-refractivity contribution in [3.8, 4) is 0 Å². The fourth-order valence-electron chi connectivity index (χ4n) is 6.68. The molecule has 0 rings (SSSR count). The van der Waals surface area contributed by atoms with Crippen molar-refractivity contribution >= 4 is 13.8 Å². The molecule has 55 heavy (non-hydrogen) atoms. The Kier molecular flexibility index (Phi) is 43.3. The molecule has 0 aliphatic carbocycles. The Morgan fingerprint density at radius 1 is 0.545 bits per heavy atom. The summed E-state index contributed by atoms with van der Waals surface area (Å²) in [5.41, 5.74) is 5.38. The molecule has 8 nitrogen and oxygen atoms in total. The second kappa shape index (κ2) is 44.1. The predicted molar refractivity (Wildman–Crippen MR) is 233 cm³/mol. The molecular weight excluding hydrogens is 709 g/mol. The van der Waals surface area contributed by atoms with Crippen molar-refractivity contribution in [2.24, 2.45) is 5.73 Å². The lowest BCUT2D eigenvalue weighted by atomic mass is 10.0. The molecule has 0 aliphatic heterocycles. The second-order valence-electron chi connectivity index (χ2n) is 15.6. The van der Waals surface area contributed by atoms with Crippen LogP contribution in [0.25, 0.3) is 0 Å². The van der Waals surface area contributed by atoms with E-state index in [1.54, 1.807) is 0 Å². The number of carbonyl (C=O) groups is 1. The normalized spacial score (nSPS) is 13.6. The summed E-state index contributed by atoms with van der Waals surface area (Å²) < 4.78 is 33.5. The van der Waals surface area contributed by atoms with Crippen LogP contribution in [-0.4, -0.2) is 49.9 Å². The monoisotopic (exact) mass is 800 g/mol. The van der Waals surface area contributed by atoms with Crippen LogP contribution in [0.2, 0.25) is 0 Å². The maximum absolute atomic E-state index is 12.6. The van der Waals surface area contributed by atoms with Crippen LogP contribution in [0.4, 0.5) is 0 Å². The number of esters is 1. The minimum atomic E-state index is -4.27. The number of rotatable bonds is 45. The molecule has 326 valence electrons. The van der Waals surface area contributed by atoms with Gasteiger partial charge >= 0.3 is 13.8 Å². The SMILES string of the molecule is CCCCC/C=C\C/C=C\CCCCCCCCCCCCOCC(COP(=O)(O)OCCN)OC(=O)CCCCCCCCCCCCCCCCCC. The highest BCUT2D eigenvalue weighted by molar-refractivity contribution is 7.47. The Morgan fingerprint density at radius 2 is 0.964 bits per heavy atom. The first kappa shape index (κ1) is 54.0. The topological polar surface area (TPSA) is 117 Å². The highest BCUT2D eigenvalue weighted by Crippen LogP contribution is 2.43. The van der Waals surface area contributed by atoms with Crippen molar-refractivity contribution in [3.63, 3.8) is 0 Å². The molecule has 2 unspecified atom stereocenters. The number of unbranched alkanes of at least 4 members (excludes halogenated alkanes) is 28. The minimum absolute atomic E-state index is 0.0937. The summed E-state index contributed by atoms with van der Waals surface area (Å²) in [5, 5.41) is 0. The van der Waals surface area contributed by atoms with E-state index in [2.05, 4.69) is 38.2 Å². The molecule has 0 spiro atoms. The summed E-state index contributed by atoms with van der Waals surface area (Å²) in [7, 11) is -4.27. The van der Waals surface area contributed by atoms with Crippen LogP contribution < -0.4 is 5.73 Å². The van der Waals surface area contributed by atoms with Crippen LogP contribution in [0.3, 0.4) is 0 Å². The van der Waals surface area contributed by atoms with Crippen molar-refractivity contribution in [1.29, 1.82) is 0 Å². The van der Waals surface area contributed by atoms with Crippen LogP contribution in [-0.2, 0) is 27.9 Å². The van der Waals surface area contributed by atoms with E-state index in [1.807, 2.05) is 0 Å². The van der Waals surface area contributed by atoms with Crippen LogP contribution in [0.1, 0.15) is 226 Å². The molecule has 3 N–H and O–H groups in total. The van der Waals surface area contributed by atoms with Gasteiger partial charge in [-0.3, -0.25) is 13.8 Å². The smallest absolute Gasteiger partial charge is 0.457 e. The van der Waals surface area contributed by atoms with E-state index in [1.165, 1.54) is 167 Å². The summed E-state index contributed by atoms with van der Waals surface area (Å²) in [5.74, 6) is -0.327. The van der Waals surface area contributed by atoms with E-state index < -0.39 is 13.9 Å². The maximum Gasteiger partial charge on any atom is 0.472 e. The molecule has 9 heteroatoms. The van der Waals surface area contributed by atoms with Crippen molar-refractivity contribution in [3.05, 3.63) is 24.3 Å². The lowest BCUT2D eigenvalue weighted by Gasteiger charge is -2.20. The fraction of sp³-hybridized carbons (Fsp3) is 0.891. The highest BCUT2D eigenvalue weighted by atomic mass is 31.2. The number of hydrogen-bond acceptors (Lipinski definition) is 7. The first-order valence-electron chi connectivity index (χ1n) is 23.3. The Balaban J connectivity index is 3.96. The van der Waals surface area contributed by atoms with Crippen molar-refractivity contribution < 1.29 is 32.8 Å². The molecule has 0 saturated carbocycles. The lowest BCUT2D eigenvalue weighted by molar-refractivity contribution is -0.154. The van der Waals surface area contributed by atoms with E-state index in [4.69, 9.17) is 24.3 Å². The van der Waals surface area contributed by atoms with E-state index in [9.17, 15) is 14.3 Å². The number of phosphoric ester groups is 1. The molecule has 2 atom stereocenters. The maximum atomic E-state index is 12.6. The van der Waals surface area contributed by atoms with Gasteiger partial charge < -0.3 is 20.1 Å². The molecule has 0 amide bonds. The van der Waals surface area contributed by atoms with Crippen LogP contribution in [0.5, 0.6) is 0 Å². The summed E-state index contributed by atoms with van der Waals surface area (Å²) in [6.07, 6.45) is 49.1. The number of allylic oxidation sites excluding steroid dienone is 4. The van der Waals surface area contributed by atoms with Gasteiger partial charge in [-0.2, -0.15) is 0 Å². The van der Waals surface area contributed by atoms with Gasteiger partial charge in [0.2, 0.25) is 0 Å². The molecule has 0 fully saturated rings. The van der Waals surface area contributed by atoms with Crippen molar-refractivity contribution in [1.82, 2.24) is 0 Å². The molecule has 0 aromatic carbocycles. The second-order valence-corrected chi connectivity index (χ2v) is 17.1. The van der Waals surface area contributed by atoms with E-state index in [-0.39, 0.29) is 32.3 Å². The molecule has 0 bridgehead atoms. The first-order chi connectivity index (χ1) is 26.9. The summed E-state index contributed by atoms with van der Waals surface area (Å²) in [4.78, 5) is 22.5. The molecular formula is C46H90NO7P. The Morgan fingerprint density at radius 3 is 1.45 bits per heavy atom. The van der Waals surface area contributed by atoms with Gasteiger partial charge in [-0.1, -0.05) is 199 Å². The van der Waals surface area contributed by atoms with Crippen LogP contribution >= 0.6 is 7.82 Å². The number of nitrogens with two attached hydrogens (primary N) is 1. The zero-order chi connectivity index (χ0) is 40.2. The number of hydrogen-bond donors (Lipinski definition) is 2. The average Bonchev–Trinajstić information content (AvgIpc) is 3.17. The lowest BCUT2D eigenvalue weighted by Crippen LogP contribution is -2.28. The van der Waals surface area contributed by atoms with Crippen LogP contribution in [0.15, 0.2) is 24.3 Å². The van der Waals surface area contributed by atoms with Gasteiger partial charge in [-0.05, 0) is 44.9 Å². The summed E-state index contributed by atoms with van der Waals surface area (Å²) >= 11 is 0. The summed E-state index contributed by atoms with van der Waals surface area (Å²) in [6, 6.07) is 0. The molecule has 0 radical (unpaired) electrons. The Bertz CT molecular complexity index is 900. The molecule has 0 saturated heterocycles. The minimum Gasteiger partial charge on any atom is -0.457 e. The van der Waals surface area contributed by atoms with Crippen molar-refractivity contribution in [2.45, 2.75) is 232 Å². The number of ether oxygens (including phenoxy) is 2. The van der Waals surface area contributed by atoms with Gasteiger partial charge in [0, 0.05) is 19.6 Å². The third-order valence-electron chi connectivity index (χ3n) is 10.1. The van der Waals surface area contributed by atoms with Crippen molar-refractivity contribution in [2.75, 3.05) is 33.0 Å². The third-order valence-corrected chi connectivity index (χ3v) is 11.1. The zero-order valence-corrected chi connectivity index (χ0v) is 37.1. The van der Waals surface area contributed by atoms with Crippen LogP contribution in [0, 0.1) is 0 Å². The quantitative estimate of drug-likeness (QED) is 0.0271. The predicted octanol–water partition coefficient (Wildman–Crippen LogP) is 14.0. The van der Waals surface area contributed by atoms with Gasteiger partial charge in [-0.15, -0.1) is 0 Å². The highest BCUT2D eigenvalue weighted by Gasteiger charge is 2.25. The molecule has 0 aromatic rings. The first-order valence-corrected chi connectivity index (χ1v) is 24.8. The largest absolute Gasteiger partial charge is 0.472 e. The van der Waals surface area contributed by atoms with Gasteiger partial charge in [0.05, 0.1) is 19.8 Å². The van der Waals surface area contributed by atoms with E-state index >= 15 is 0 Å². The Hall–Kier alpha value is -1.02. The fourth-order valence-corrected chi connectivity index (χ4v) is 7.44. The number of carbonyl (C=O) groups excluding carboxylic acids is 1. The molecule has 0 aromatic heterocycles. The molecule has 0 heterocycles. The van der Waals surface area contributed by atoms with E-state index in [0.29, 0.717) is 13.0 Å². The number of phosphoric acid groups is 1. The standard InChI is InChI=1S/C46H90NO7P/c1-3-5-7-9-11-13-15-17-19-21-22-23-24-26-28-30-32-34-36-38-41-51-43-45(44-53-55(49,50)52-42-40-47)54-46(48)39-37-35-33-31-29-27-25-20-18-16-14-12-10-8-6-4-2/h11,13,17,19,45H,3-10,12,14-16,18,20-44,47H2,1-2H3,(H,49,50)/b13-11-,19-17-. The summed E-state index contributed by atoms with van der Waals surface area (Å²) in [6.45, 7) is 4.93. The zero-order valence-electron chi connectivity index (χ0n) is 36.2. The van der Waals surface area contributed by atoms with E-state index in [0.717, 1.165) is 38.5 Å². The average molecular weight is 800 g/mol. The Labute approximate surface area is 340 Å².